The molecule has 0 atom stereocenters. The van der Waals surface area contributed by atoms with Crippen molar-refractivity contribution in [2.75, 3.05) is 17.7 Å². The van der Waals surface area contributed by atoms with Crippen LogP contribution in [0.1, 0.15) is 5.56 Å². The molecule has 0 aliphatic rings. The molecule has 0 amide bonds. The van der Waals surface area contributed by atoms with E-state index in [9.17, 15) is 0 Å². The minimum Gasteiger partial charge on any atom is -0.372 e. The number of aromatic nitrogens is 1. The molecule has 0 bridgehead atoms. The van der Waals surface area contributed by atoms with Crippen LogP contribution in [0.5, 0.6) is 0 Å². The number of pyridine rings is 1. The van der Waals surface area contributed by atoms with Crippen molar-refractivity contribution >= 4 is 63.7 Å². The van der Waals surface area contributed by atoms with E-state index in [0.717, 1.165) is 5.56 Å². The van der Waals surface area contributed by atoms with Crippen LogP contribution in [0.25, 0.3) is 0 Å². The number of benzene rings is 1. The number of rotatable bonds is 3. The first-order valence-corrected chi connectivity index (χ1v) is 7.20. The number of nitrogens with one attached hydrogen (secondary N) is 2. The molecule has 7 heteroatoms. The summed E-state index contributed by atoms with van der Waals surface area (Å²) < 4.78 is 0. The second kappa shape index (κ2) is 6.27. The second-order valence-electron chi connectivity index (χ2n) is 4.11. The van der Waals surface area contributed by atoms with E-state index in [0.29, 0.717) is 37.4 Å². The Bertz CT molecular complexity index is 659. The summed E-state index contributed by atoms with van der Waals surface area (Å²) in [6.45, 7) is 1.88. The Morgan fingerprint density at radius 3 is 2.15 bits per heavy atom. The van der Waals surface area contributed by atoms with Gasteiger partial charge in [-0.15, -0.1) is 0 Å². The Kier molecular flexibility index (Phi) is 4.86. The molecule has 0 fully saturated rings. The maximum absolute atomic E-state index is 6.17. The summed E-state index contributed by atoms with van der Waals surface area (Å²) in [5.74, 6) is 0.968. The van der Waals surface area contributed by atoms with Crippen LogP contribution in [0.2, 0.25) is 20.1 Å². The zero-order chi connectivity index (χ0) is 14.9. The summed E-state index contributed by atoms with van der Waals surface area (Å²) in [5, 5.41) is 7.91. The molecule has 20 heavy (non-hydrogen) atoms. The summed E-state index contributed by atoms with van der Waals surface area (Å²) in [5.41, 5.74) is 1.52. The molecular formula is C13H11Cl4N3. The van der Waals surface area contributed by atoms with Crippen molar-refractivity contribution in [2.45, 2.75) is 6.92 Å². The standard InChI is InChI=1S/C13H11Cl4N3/c1-6-3-8(15)11(5-7(6)14)19-13-10(17)4-9(16)12(18-2)20-13/h3-5H,1-2H3,(H2,18,19,20). The van der Waals surface area contributed by atoms with Gasteiger partial charge in [-0.3, -0.25) is 0 Å². The van der Waals surface area contributed by atoms with Crippen LogP contribution in [0.4, 0.5) is 17.3 Å². The molecule has 0 saturated heterocycles. The van der Waals surface area contributed by atoms with E-state index in [1.165, 1.54) is 0 Å². The largest absolute Gasteiger partial charge is 0.372 e. The lowest BCUT2D eigenvalue weighted by Gasteiger charge is -2.13. The predicted molar refractivity (Wildman–Crippen MR) is 88.3 cm³/mol. The lowest BCUT2D eigenvalue weighted by molar-refractivity contribution is 1.27. The number of hydrogen-bond donors (Lipinski definition) is 2. The average molecular weight is 351 g/mol. The molecule has 1 heterocycles. The predicted octanol–water partition coefficient (Wildman–Crippen LogP) is 5.79. The third-order valence-corrected chi connectivity index (χ3v) is 3.96. The summed E-state index contributed by atoms with van der Waals surface area (Å²) >= 11 is 24.4. The Morgan fingerprint density at radius 2 is 1.50 bits per heavy atom. The average Bonchev–Trinajstić information content (AvgIpc) is 2.38. The van der Waals surface area contributed by atoms with Crippen molar-refractivity contribution in [3.05, 3.63) is 43.9 Å². The molecule has 1 aromatic carbocycles. The molecular weight excluding hydrogens is 340 g/mol. The summed E-state index contributed by atoms with van der Waals surface area (Å²) in [7, 11) is 1.72. The Balaban J connectivity index is 2.42. The van der Waals surface area contributed by atoms with Gasteiger partial charge in [-0.05, 0) is 30.7 Å². The minimum atomic E-state index is 0.391. The van der Waals surface area contributed by atoms with E-state index >= 15 is 0 Å². The lowest BCUT2D eigenvalue weighted by Crippen LogP contribution is -2.00. The maximum Gasteiger partial charge on any atom is 0.151 e. The number of nitrogens with zero attached hydrogens (tertiary/aromatic N) is 1. The monoisotopic (exact) mass is 349 g/mol. The van der Waals surface area contributed by atoms with Gasteiger partial charge in [0, 0.05) is 12.1 Å². The van der Waals surface area contributed by atoms with Crippen LogP contribution in [0, 0.1) is 6.92 Å². The lowest BCUT2D eigenvalue weighted by atomic mass is 10.2. The third-order valence-electron chi connectivity index (χ3n) is 2.67. The van der Waals surface area contributed by atoms with Crippen LogP contribution in [-0.2, 0) is 0 Å². The highest BCUT2D eigenvalue weighted by Gasteiger charge is 2.11. The number of aryl methyl sites for hydroxylation is 1. The molecule has 1 aromatic heterocycles. The van der Waals surface area contributed by atoms with Gasteiger partial charge in [-0.1, -0.05) is 46.4 Å². The van der Waals surface area contributed by atoms with Crippen LogP contribution in [-0.4, -0.2) is 12.0 Å². The van der Waals surface area contributed by atoms with Gasteiger partial charge in [0.25, 0.3) is 0 Å². The van der Waals surface area contributed by atoms with E-state index in [-0.39, 0.29) is 0 Å². The molecule has 106 valence electrons. The van der Waals surface area contributed by atoms with Crippen molar-refractivity contribution in [3.8, 4) is 0 Å². The highest BCUT2D eigenvalue weighted by atomic mass is 35.5. The summed E-state index contributed by atoms with van der Waals surface area (Å²) in [6, 6.07) is 5.11. The fraction of sp³-hybridized carbons (Fsp3) is 0.154. The second-order valence-corrected chi connectivity index (χ2v) is 5.73. The van der Waals surface area contributed by atoms with Crippen LogP contribution in [0.15, 0.2) is 18.2 Å². The van der Waals surface area contributed by atoms with Gasteiger partial charge < -0.3 is 10.6 Å². The number of anilines is 3. The zero-order valence-electron chi connectivity index (χ0n) is 10.7. The molecule has 0 spiro atoms. The molecule has 2 rings (SSSR count). The zero-order valence-corrected chi connectivity index (χ0v) is 13.7. The van der Waals surface area contributed by atoms with Crippen molar-refractivity contribution < 1.29 is 0 Å². The fourth-order valence-electron chi connectivity index (χ4n) is 1.60. The van der Waals surface area contributed by atoms with Crippen LogP contribution < -0.4 is 10.6 Å². The Hall–Kier alpha value is -0.870. The molecule has 2 N–H and O–H groups in total. The Labute approximate surface area is 137 Å². The van der Waals surface area contributed by atoms with E-state index in [2.05, 4.69) is 15.6 Å². The van der Waals surface area contributed by atoms with Gasteiger partial charge in [0.15, 0.2) is 5.82 Å². The van der Waals surface area contributed by atoms with Crippen LogP contribution in [0.3, 0.4) is 0 Å². The van der Waals surface area contributed by atoms with Gasteiger partial charge in [0.1, 0.15) is 5.82 Å². The Morgan fingerprint density at radius 1 is 0.850 bits per heavy atom. The maximum atomic E-state index is 6.17. The summed E-state index contributed by atoms with van der Waals surface area (Å²) in [4.78, 5) is 4.29. The van der Waals surface area contributed by atoms with Gasteiger partial charge in [-0.2, -0.15) is 0 Å². The summed E-state index contributed by atoms with van der Waals surface area (Å²) in [6.07, 6.45) is 0. The van der Waals surface area contributed by atoms with E-state index in [1.807, 2.05) is 6.92 Å². The first-order chi connectivity index (χ1) is 9.42. The molecule has 0 radical (unpaired) electrons. The molecule has 2 aromatic rings. The van der Waals surface area contributed by atoms with Crippen LogP contribution >= 0.6 is 46.4 Å². The molecule has 0 saturated carbocycles. The molecule has 0 aliphatic carbocycles. The van der Waals surface area contributed by atoms with Crippen molar-refractivity contribution in [2.24, 2.45) is 0 Å². The van der Waals surface area contributed by atoms with Gasteiger partial charge in [0.05, 0.1) is 20.8 Å². The molecule has 0 unspecified atom stereocenters. The first-order valence-electron chi connectivity index (χ1n) is 5.69. The van der Waals surface area contributed by atoms with Crippen molar-refractivity contribution in [3.63, 3.8) is 0 Å². The smallest absolute Gasteiger partial charge is 0.151 e. The van der Waals surface area contributed by atoms with Gasteiger partial charge >= 0.3 is 0 Å². The van der Waals surface area contributed by atoms with Crippen molar-refractivity contribution in [1.29, 1.82) is 0 Å². The first kappa shape index (κ1) is 15.5. The highest BCUT2D eigenvalue weighted by Crippen LogP contribution is 2.35. The van der Waals surface area contributed by atoms with E-state index < -0.39 is 0 Å². The van der Waals surface area contributed by atoms with Gasteiger partial charge in [-0.25, -0.2) is 4.98 Å². The fourth-order valence-corrected chi connectivity index (χ4v) is 2.53. The third kappa shape index (κ3) is 3.23. The number of hydrogen-bond acceptors (Lipinski definition) is 3. The topological polar surface area (TPSA) is 37.0 Å². The molecule has 3 nitrogen and oxygen atoms in total. The van der Waals surface area contributed by atoms with E-state index in [1.54, 1.807) is 25.2 Å². The minimum absolute atomic E-state index is 0.391. The normalized spacial score (nSPS) is 10.5. The SMILES string of the molecule is CNc1nc(Nc2cc(Cl)c(C)cc2Cl)c(Cl)cc1Cl. The van der Waals surface area contributed by atoms with Gasteiger partial charge in [0.2, 0.25) is 0 Å². The molecule has 0 aliphatic heterocycles. The number of halogens is 4. The van der Waals surface area contributed by atoms with E-state index in [4.69, 9.17) is 46.4 Å². The quantitative estimate of drug-likeness (QED) is 0.735. The van der Waals surface area contributed by atoms with Crippen molar-refractivity contribution in [1.82, 2.24) is 4.98 Å². The highest BCUT2D eigenvalue weighted by molar-refractivity contribution is 6.38.